The Morgan fingerprint density at radius 1 is 1.33 bits per heavy atom. The molecular weight excluding hydrogens is 358 g/mol. The number of aromatic amines is 1. The van der Waals surface area contributed by atoms with E-state index in [1.807, 2.05) is 58.5 Å². The monoisotopic (exact) mass is 379 g/mol. The molecule has 0 radical (unpaired) electrons. The maximum absolute atomic E-state index is 4.59. The number of aliphatic imine (C=N–C) groups is 1. The Bertz CT molecular complexity index is 1020. The van der Waals surface area contributed by atoms with Gasteiger partial charge in [-0.25, -0.2) is 9.97 Å². The van der Waals surface area contributed by atoms with Crippen LogP contribution >= 0.6 is 11.3 Å². The second-order valence-electron chi connectivity index (χ2n) is 6.19. The molecule has 0 atom stereocenters. The van der Waals surface area contributed by atoms with Gasteiger partial charge in [0.05, 0.1) is 30.7 Å². The van der Waals surface area contributed by atoms with Gasteiger partial charge in [0, 0.05) is 31.9 Å². The van der Waals surface area contributed by atoms with Crippen molar-refractivity contribution >= 4 is 22.3 Å². The van der Waals surface area contributed by atoms with Crippen LogP contribution in [0.25, 0.3) is 16.2 Å². The van der Waals surface area contributed by atoms with Crippen LogP contribution in [0, 0.1) is 0 Å². The van der Waals surface area contributed by atoms with Crippen LogP contribution in [0.3, 0.4) is 0 Å². The zero-order valence-electron chi connectivity index (χ0n) is 15.3. The number of hydrogen-bond donors (Lipinski definition) is 2. The van der Waals surface area contributed by atoms with Crippen LogP contribution in [0.15, 0.2) is 59.3 Å². The highest BCUT2D eigenvalue weighted by Crippen LogP contribution is 2.16. The minimum Gasteiger partial charge on any atom is -0.351 e. The SMILES string of the molecule is CN=C(NCc1cn2ccsc2n1)N(C)Cc1ncc(-c2ccccc2)[nH]1. The Kier molecular flexibility index (Phi) is 4.88. The largest absolute Gasteiger partial charge is 0.351 e. The van der Waals surface area contributed by atoms with Crippen LogP contribution in [0.4, 0.5) is 0 Å². The first kappa shape index (κ1) is 17.3. The number of aromatic nitrogens is 4. The van der Waals surface area contributed by atoms with Gasteiger partial charge in [0.25, 0.3) is 0 Å². The maximum Gasteiger partial charge on any atom is 0.194 e. The third-order valence-electron chi connectivity index (χ3n) is 4.24. The molecule has 138 valence electrons. The molecule has 0 unspecified atom stereocenters. The number of nitrogens with one attached hydrogen (secondary N) is 2. The van der Waals surface area contributed by atoms with Crippen molar-refractivity contribution < 1.29 is 0 Å². The number of nitrogens with zero attached hydrogens (tertiary/aromatic N) is 5. The van der Waals surface area contributed by atoms with Crippen molar-refractivity contribution in [3.63, 3.8) is 0 Å². The lowest BCUT2D eigenvalue weighted by Crippen LogP contribution is -2.38. The molecule has 0 saturated carbocycles. The molecule has 0 saturated heterocycles. The van der Waals surface area contributed by atoms with Crippen molar-refractivity contribution in [3.05, 3.63) is 65.8 Å². The minimum absolute atomic E-state index is 0.624. The Hall–Kier alpha value is -3.13. The summed E-state index contributed by atoms with van der Waals surface area (Å²) in [6.45, 7) is 1.25. The molecule has 3 aromatic heterocycles. The van der Waals surface area contributed by atoms with E-state index in [1.165, 1.54) is 0 Å². The summed E-state index contributed by atoms with van der Waals surface area (Å²) in [6, 6.07) is 10.2. The van der Waals surface area contributed by atoms with Gasteiger partial charge in [-0.05, 0) is 5.56 Å². The molecule has 0 spiro atoms. The highest BCUT2D eigenvalue weighted by Gasteiger charge is 2.11. The lowest BCUT2D eigenvalue weighted by molar-refractivity contribution is 0.463. The Morgan fingerprint density at radius 3 is 2.96 bits per heavy atom. The zero-order valence-corrected chi connectivity index (χ0v) is 16.1. The topological polar surface area (TPSA) is 73.6 Å². The van der Waals surface area contributed by atoms with Gasteiger partial charge in [-0.1, -0.05) is 30.3 Å². The number of guanidine groups is 1. The first-order chi connectivity index (χ1) is 13.2. The van der Waals surface area contributed by atoms with Crippen molar-refractivity contribution in [2.45, 2.75) is 13.1 Å². The number of H-pyrrole nitrogens is 1. The fourth-order valence-electron chi connectivity index (χ4n) is 2.92. The molecule has 0 bridgehead atoms. The molecule has 2 N–H and O–H groups in total. The van der Waals surface area contributed by atoms with Crippen LogP contribution in [0.5, 0.6) is 0 Å². The molecule has 3 heterocycles. The third-order valence-corrected chi connectivity index (χ3v) is 5.02. The summed E-state index contributed by atoms with van der Waals surface area (Å²) in [5.41, 5.74) is 3.13. The normalized spacial score (nSPS) is 11.9. The number of fused-ring (bicyclic) bond motifs is 1. The van der Waals surface area contributed by atoms with Crippen LogP contribution in [0.1, 0.15) is 11.5 Å². The van der Waals surface area contributed by atoms with Crippen LogP contribution in [-0.2, 0) is 13.1 Å². The van der Waals surface area contributed by atoms with Crippen molar-refractivity contribution in [1.82, 2.24) is 29.6 Å². The lowest BCUT2D eigenvalue weighted by atomic mass is 10.2. The molecule has 7 nitrogen and oxygen atoms in total. The molecule has 4 rings (SSSR count). The van der Waals surface area contributed by atoms with E-state index < -0.39 is 0 Å². The van der Waals surface area contributed by atoms with E-state index in [9.17, 15) is 0 Å². The minimum atomic E-state index is 0.624. The number of benzene rings is 1. The molecule has 8 heteroatoms. The second-order valence-corrected chi connectivity index (χ2v) is 7.06. The summed E-state index contributed by atoms with van der Waals surface area (Å²) >= 11 is 1.63. The van der Waals surface area contributed by atoms with Crippen molar-refractivity contribution in [2.24, 2.45) is 4.99 Å². The molecule has 0 fully saturated rings. The summed E-state index contributed by atoms with van der Waals surface area (Å²) in [6.07, 6.45) is 5.91. The Balaban J connectivity index is 1.38. The van der Waals surface area contributed by atoms with Crippen LogP contribution in [-0.4, -0.2) is 44.3 Å². The van der Waals surface area contributed by atoms with Gasteiger partial charge in [0.2, 0.25) is 0 Å². The first-order valence-corrected chi connectivity index (χ1v) is 9.53. The molecule has 0 aliphatic rings. The Morgan fingerprint density at radius 2 is 2.19 bits per heavy atom. The van der Waals surface area contributed by atoms with E-state index in [0.29, 0.717) is 13.1 Å². The fraction of sp³-hybridized carbons (Fsp3) is 0.211. The van der Waals surface area contributed by atoms with Crippen molar-refractivity contribution in [1.29, 1.82) is 0 Å². The van der Waals surface area contributed by atoms with E-state index in [-0.39, 0.29) is 0 Å². The van der Waals surface area contributed by atoms with E-state index in [0.717, 1.165) is 33.7 Å². The summed E-state index contributed by atoms with van der Waals surface area (Å²) < 4.78 is 2.03. The van der Waals surface area contributed by atoms with Crippen LogP contribution < -0.4 is 5.32 Å². The van der Waals surface area contributed by atoms with Gasteiger partial charge in [-0.15, -0.1) is 11.3 Å². The van der Waals surface area contributed by atoms with E-state index in [2.05, 4.69) is 37.4 Å². The van der Waals surface area contributed by atoms with Gasteiger partial charge in [0.15, 0.2) is 10.9 Å². The van der Waals surface area contributed by atoms with Crippen molar-refractivity contribution in [2.75, 3.05) is 14.1 Å². The molecule has 4 aromatic rings. The quantitative estimate of drug-likeness (QED) is 0.413. The maximum atomic E-state index is 4.59. The Labute approximate surface area is 161 Å². The van der Waals surface area contributed by atoms with Gasteiger partial charge >= 0.3 is 0 Å². The predicted octanol–water partition coefficient (Wildman–Crippen LogP) is 2.99. The molecule has 1 aromatic carbocycles. The fourth-order valence-corrected chi connectivity index (χ4v) is 3.64. The van der Waals surface area contributed by atoms with Gasteiger partial charge in [-0.2, -0.15) is 0 Å². The zero-order chi connectivity index (χ0) is 18.6. The van der Waals surface area contributed by atoms with Crippen LogP contribution in [0.2, 0.25) is 0 Å². The average molecular weight is 379 g/mol. The van der Waals surface area contributed by atoms with Gasteiger partial charge < -0.3 is 15.2 Å². The molecule has 27 heavy (non-hydrogen) atoms. The van der Waals surface area contributed by atoms with Gasteiger partial charge in [-0.3, -0.25) is 9.39 Å². The lowest BCUT2D eigenvalue weighted by Gasteiger charge is -2.20. The van der Waals surface area contributed by atoms with E-state index in [1.54, 1.807) is 18.4 Å². The number of rotatable bonds is 5. The molecular formula is C19H21N7S. The number of hydrogen-bond acceptors (Lipinski definition) is 4. The highest BCUT2D eigenvalue weighted by molar-refractivity contribution is 7.15. The first-order valence-electron chi connectivity index (χ1n) is 8.65. The summed E-state index contributed by atoms with van der Waals surface area (Å²) in [5.74, 6) is 1.69. The second kappa shape index (κ2) is 7.63. The van der Waals surface area contributed by atoms with Gasteiger partial charge in [0.1, 0.15) is 5.82 Å². The van der Waals surface area contributed by atoms with E-state index >= 15 is 0 Å². The predicted molar refractivity (Wildman–Crippen MR) is 109 cm³/mol. The number of imidazole rings is 2. The van der Waals surface area contributed by atoms with Crippen molar-refractivity contribution in [3.8, 4) is 11.3 Å². The highest BCUT2D eigenvalue weighted by atomic mass is 32.1. The summed E-state index contributed by atoms with van der Waals surface area (Å²) in [5, 5.41) is 5.39. The average Bonchev–Trinajstić information content (AvgIpc) is 3.39. The molecule has 0 aliphatic heterocycles. The number of thiazole rings is 1. The van der Waals surface area contributed by atoms with E-state index in [4.69, 9.17) is 0 Å². The third kappa shape index (κ3) is 3.85. The molecule has 0 amide bonds. The summed E-state index contributed by atoms with van der Waals surface area (Å²) in [7, 11) is 3.77. The summed E-state index contributed by atoms with van der Waals surface area (Å²) in [4.78, 5) is 19.9. The smallest absolute Gasteiger partial charge is 0.194 e. The standard InChI is InChI=1S/C19H21N7S/c1-20-18(22-10-15-12-26-8-9-27-19(26)23-15)25(2)13-17-21-11-16(24-17)14-6-4-3-5-7-14/h3-9,11-12H,10,13H2,1-2H3,(H,20,22)(H,21,24). The molecule has 0 aliphatic carbocycles.